The molecule has 5 nitrogen and oxygen atoms in total. The molecule has 0 fully saturated rings. The van der Waals surface area contributed by atoms with Gasteiger partial charge in [-0.3, -0.25) is 9.59 Å². The number of nitrogens with zero attached hydrogens (tertiary/aromatic N) is 1. The van der Waals surface area contributed by atoms with Gasteiger partial charge in [-0.25, -0.2) is 0 Å². The Balaban J connectivity index is 2.57. The van der Waals surface area contributed by atoms with Crippen LogP contribution in [0.5, 0.6) is 0 Å². The standard InChI is InChI=1S/C14H19Cl2N3O2/c1-3-19(4-2)12(20)5-6-18-14(21)9-7-10(15)13(17)11(16)8-9/h7-8H,3-6,17H2,1-2H3,(H,18,21). The van der Waals surface area contributed by atoms with E-state index < -0.39 is 0 Å². The average molecular weight is 332 g/mol. The minimum Gasteiger partial charge on any atom is -0.396 e. The van der Waals surface area contributed by atoms with E-state index in [2.05, 4.69) is 5.32 Å². The number of nitrogens with two attached hydrogens (primary N) is 1. The molecule has 0 atom stereocenters. The van der Waals surface area contributed by atoms with Gasteiger partial charge in [-0.05, 0) is 26.0 Å². The van der Waals surface area contributed by atoms with E-state index in [1.807, 2.05) is 13.8 Å². The van der Waals surface area contributed by atoms with Crippen LogP contribution in [0.25, 0.3) is 0 Å². The van der Waals surface area contributed by atoms with Crippen molar-refractivity contribution in [2.75, 3.05) is 25.4 Å². The van der Waals surface area contributed by atoms with Crippen LogP contribution in [0, 0.1) is 0 Å². The molecule has 0 saturated heterocycles. The summed E-state index contributed by atoms with van der Waals surface area (Å²) in [6, 6.07) is 2.90. The molecule has 0 aliphatic rings. The smallest absolute Gasteiger partial charge is 0.251 e. The highest BCUT2D eigenvalue weighted by Gasteiger charge is 2.13. The summed E-state index contributed by atoms with van der Waals surface area (Å²) in [7, 11) is 0. The van der Waals surface area contributed by atoms with Crippen molar-refractivity contribution in [1.29, 1.82) is 0 Å². The van der Waals surface area contributed by atoms with Gasteiger partial charge >= 0.3 is 0 Å². The summed E-state index contributed by atoms with van der Waals surface area (Å²) in [5.74, 6) is -0.334. The Labute approximate surface area is 134 Å². The summed E-state index contributed by atoms with van der Waals surface area (Å²) in [6.45, 7) is 5.41. The van der Waals surface area contributed by atoms with Gasteiger partial charge in [0.15, 0.2) is 0 Å². The van der Waals surface area contributed by atoms with Gasteiger partial charge in [0.2, 0.25) is 5.91 Å². The topological polar surface area (TPSA) is 75.4 Å². The van der Waals surface area contributed by atoms with Crippen LogP contribution < -0.4 is 11.1 Å². The number of nitrogen functional groups attached to an aromatic ring is 1. The first kappa shape index (κ1) is 17.6. The van der Waals surface area contributed by atoms with Gasteiger partial charge in [-0.15, -0.1) is 0 Å². The molecule has 7 heteroatoms. The van der Waals surface area contributed by atoms with Gasteiger partial charge in [0.25, 0.3) is 5.91 Å². The molecular formula is C14H19Cl2N3O2. The van der Waals surface area contributed by atoms with Crippen LogP contribution in [0.1, 0.15) is 30.6 Å². The van der Waals surface area contributed by atoms with Crippen molar-refractivity contribution in [1.82, 2.24) is 10.2 Å². The van der Waals surface area contributed by atoms with Crippen molar-refractivity contribution in [2.45, 2.75) is 20.3 Å². The second-order valence-corrected chi connectivity index (χ2v) is 5.24. The van der Waals surface area contributed by atoms with Crippen molar-refractivity contribution in [2.24, 2.45) is 0 Å². The number of hydrogen-bond donors (Lipinski definition) is 2. The highest BCUT2D eigenvalue weighted by atomic mass is 35.5. The van der Waals surface area contributed by atoms with Gasteiger partial charge in [0, 0.05) is 31.6 Å². The zero-order chi connectivity index (χ0) is 16.0. The molecule has 1 aromatic carbocycles. The van der Waals surface area contributed by atoms with Crippen molar-refractivity contribution in [3.63, 3.8) is 0 Å². The second kappa shape index (κ2) is 8.10. The first-order valence-electron chi connectivity index (χ1n) is 6.71. The minimum atomic E-state index is -0.342. The first-order valence-corrected chi connectivity index (χ1v) is 7.46. The number of hydrogen-bond acceptors (Lipinski definition) is 3. The molecule has 0 aliphatic carbocycles. The fourth-order valence-electron chi connectivity index (χ4n) is 1.83. The van der Waals surface area contributed by atoms with E-state index in [-0.39, 0.29) is 40.5 Å². The number of anilines is 1. The van der Waals surface area contributed by atoms with Gasteiger partial charge in [0.1, 0.15) is 0 Å². The van der Waals surface area contributed by atoms with Crippen molar-refractivity contribution >= 4 is 40.7 Å². The molecule has 21 heavy (non-hydrogen) atoms. The van der Waals surface area contributed by atoms with Crippen molar-refractivity contribution < 1.29 is 9.59 Å². The van der Waals surface area contributed by atoms with E-state index >= 15 is 0 Å². The van der Waals surface area contributed by atoms with E-state index in [0.29, 0.717) is 18.7 Å². The third-order valence-corrected chi connectivity index (χ3v) is 3.71. The molecule has 0 spiro atoms. The summed E-state index contributed by atoms with van der Waals surface area (Å²) in [5, 5.41) is 3.12. The monoisotopic (exact) mass is 331 g/mol. The Kier molecular flexibility index (Phi) is 6.78. The number of nitrogens with one attached hydrogen (secondary N) is 1. The summed E-state index contributed by atoms with van der Waals surface area (Å²) < 4.78 is 0. The number of halogens is 2. The van der Waals surface area contributed by atoms with Crippen molar-refractivity contribution in [3.8, 4) is 0 Å². The maximum atomic E-state index is 12.0. The molecule has 0 aromatic heterocycles. The number of rotatable bonds is 6. The SMILES string of the molecule is CCN(CC)C(=O)CCNC(=O)c1cc(Cl)c(N)c(Cl)c1. The van der Waals surface area contributed by atoms with Gasteiger partial charge < -0.3 is 16.0 Å². The number of benzene rings is 1. The first-order chi connectivity index (χ1) is 9.90. The van der Waals surface area contributed by atoms with Crippen molar-refractivity contribution in [3.05, 3.63) is 27.7 Å². The number of carbonyl (C=O) groups excluding carboxylic acids is 2. The predicted octanol–water partition coefficient (Wildman–Crippen LogP) is 2.56. The van der Waals surface area contributed by atoms with E-state index in [0.717, 1.165) is 0 Å². The largest absolute Gasteiger partial charge is 0.396 e. The van der Waals surface area contributed by atoms with Gasteiger partial charge in [-0.1, -0.05) is 23.2 Å². The molecule has 0 aliphatic heterocycles. The van der Waals surface area contributed by atoms with Crippen LogP contribution in [0.3, 0.4) is 0 Å². The third kappa shape index (κ3) is 4.79. The highest BCUT2D eigenvalue weighted by molar-refractivity contribution is 6.39. The maximum absolute atomic E-state index is 12.0. The summed E-state index contributed by atoms with van der Waals surface area (Å²) in [4.78, 5) is 25.5. The predicted molar refractivity (Wildman–Crippen MR) is 85.8 cm³/mol. The quantitative estimate of drug-likeness (QED) is 0.786. The summed E-state index contributed by atoms with van der Waals surface area (Å²) in [6.07, 6.45) is 0.254. The van der Waals surface area contributed by atoms with E-state index in [4.69, 9.17) is 28.9 Å². The molecular weight excluding hydrogens is 313 g/mol. The van der Waals surface area contributed by atoms with Crippen LogP contribution >= 0.6 is 23.2 Å². The molecule has 1 aromatic rings. The van der Waals surface area contributed by atoms with E-state index in [9.17, 15) is 9.59 Å². The Morgan fingerprint density at radius 2 is 1.71 bits per heavy atom. The lowest BCUT2D eigenvalue weighted by Crippen LogP contribution is -2.34. The molecule has 2 amide bonds. The average Bonchev–Trinajstić information content (AvgIpc) is 2.45. The Hall–Kier alpha value is -1.46. The normalized spacial score (nSPS) is 10.3. The molecule has 0 bridgehead atoms. The molecule has 0 unspecified atom stereocenters. The lowest BCUT2D eigenvalue weighted by Gasteiger charge is -2.18. The molecule has 116 valence electrons. The van der Waals surface area contributed by atoms with Crippen LogP contribution in [0.2, 0.25) is 10.0 Å². The molecule has 3 N–H and O–H groups in total. The van der Waals surface area contributed by atoms with Crippen LogP contribution in [-0.2, 0) is 4.79 Å². The number of carbonyl (C=O) groups is 2. The lowest BCUT2D eigenvalue weighted by molar-refractivity contribution is -0.130. The Morgan fingerprint density at radius 1 is 1.19 bits per heavy atom. The maximum Gasteiger partial charge on any atom is 0.251 e. The fourth-order valence-corrected chi connectivity index (χ4v) is 2.32. The summed E-state index contributed by atoms with van der Waals surface area (Å²) in [5.41, 5.74) is 6.17. The Bertz CT molecular complexity index is 508. The summed E-state index contributed by atoms with van der Waals surface area (Å²) >= 11 is 11.8. The fraction of sp³-hybridized carbons (Fsp3) is 0.429. The Morgan fingerprint density at radius 3 is 2.19 bits per heavy atom. The third-order valence-electron chi connectivity index (χ3n) is 3.08. The number of amides is 2. The second-order valence-electron chi connectivity index (χ2n) is 4.43. The molecule has 0 heterocycles. The molecule has 0 saturated carbocycles. The molecule has 1 rings (SSSR count). The zero-order valence-corrected chi connectivity index (χ0v) is 13.6. The highest BCUT2D eigenvalue weighted by Crippen LogP contribution is 2.28. The molecule has 0 radical (unpaired) electrons. The minimum absolute atomic E-state index is 0.00803. The van der Waals surface area contributed by atoms with Crippen LogP contribution in [0.15, 0.2) is 12.1 Å². The van der Waals surface area contributed by atoms with Gasteiger partial charge in [0.05, 0.1) is 15.7 Å². The van der Waals surface area contributed by atoms with E-state index in [1.54, 1.807) is 4.90 Å². The van der Waals surface area contributed by atoms with Gasteiger partial charge in [-0.2, -0.15) is 0 Å². The lowest BCUT2D eigenvalue weighted by atomic mass is 10.2. The van der Waals surface area contributed by atoms with Crippen LogP contribution in [-0.4, -0.2) is 36.3 Å². The van der Waals surface area contributed by atoms with E-state index in [1.165, 1.54) is 12.1 Å². The zero-order valence-electron chi connectivity index (χ0n) is 12.1. The van der Waals surface area contributed by atoms with Crippen LogP contribution in [0.4, 0.5) is 5.69 Å².